The van der Waals surface area contributed by atoms with Crippen molar-refractivity contribution < 1.29 is 13.6 Å². The van der Waals surface area contributed by atoms with E-state index in [2.05, 4.69) is 15.5 Å². The van der Waals surface area contributed by atoms with Crippen LogP contribution in [-0.2, 0) is 0 Å². The normalized spacial score (nSPS) is 15.1. The number of piperidine rings is 1. The molecule has 7 nitrogen and oxygen atoms in total. The Kier molecular flexibility index (Phi) is 5.05. The fraction of sp³-hybridized carbons (Fsp3) is 0.278. The predicted octanol–water partition coefficient (Wildman–Crippen LogP) is 5.05. The van der Waals surface area contributed by atoms with Gasteiger partial charge in [0.05, 0.1) is 21.9 Å². The summed E-state index contributed by atoms with van der Waals surface area (Å²) in [5.41, 5.74) is 1.37. The van der Waals surface area contributed by atoms with Crippen LogP contribution in [-0.4, -0.2) is 34.2 Å². The maximum Gasteiger partial charge on any atom is 0.321 e. The van der Waals surface area contributed by atoms with Gasteiger partial charge in [-0.3, -0.25) is 0 Å². The van der Waals surface area contributed by atoms with E-state index in [1.54, 1.807) is 41.7 Å². The zero-order valence-corrected chi connectivity index (χ0v) is 15.7. The number of hydrogen-bond acceptors (Lipinski definition) is 5. The first-order valence-electron chi connectivity index (χ1n) is 8.47. The number of nitrogens with zero attached hydrogens (tertiary/aromatic N) is 3. The van der Waals surface area contributed by atoms with E-state index in [9.17, 15) is 4.79 Å². The molecule has 3 heterocycles. The lowest BCUT2D eigenvalue weighted by Gasteiger charge is -2.30. The smallest absolute Gasteiger partial charge is 0.321 e. The number of benzene rings is 1. The van der Waals surface area contributed by atoms with Crippen LogP contribution in [0.5, 0.6) is 0 Å². The van der Waals surface area contributed by atoms with Crippen LogP contribution in [0.25, 0.3) is 11.5 Å². The quantitative estimate of drug-likeness (QED) is 0.657. The van der Waals surface area contributed by atoms with Crippen molar-refractivity contribution in [1.82, 2.24) is 15.1 Å². The van der Waals surface area contributed by atoms with Crippen LogP contribution in [0.3, 0.4) is 0 Å². The number of likely N-dealkylation sites (tertiary alicyclic amines) is 1. The van der Waals surface area contributed by atoms with Crippen LogP contribution in [0.15, 0.2) is 45.6 Å². The maximum absolute atomic E-state index is 12.4. The molecule has 1 aromatic carbocycles. The average molecular weight is 407 g/mol. The molecule has 0 aliphatic carbocycles. The Labute approximate surface area is 165 Å². The fourth-order valence-electron chi connectivity index (χ4n) is 3.01. The molecule has 0 atom stereocenters. The van der Waals surface area contributed by atoms with Gasteiger partial charge in [0, 0.05) is 24.7 Å². The van der Waals surface area contributed by atoms with Gasteiger partial charge >= 0.3 is 6.03 Å². The lowest BCUT2D eigenvalue weighted by Crippen LogP contribution is -2.40. The molecular weight excluding hydrogens is 391 g/mol. The second kappa shape index (κ2) is 7.62. The molecule has 0 unspecified atom stereocenters. The van der Waals surface area contributed by atoms with Crippen LogP contribution in [0.1, 0.15) is 24.7 Å². The van der Waals surface area contributed by atoms with E-state index in [1.807, 2.05) is 0 Å². The highest BCUT2D eigenvalue weighted by Gasteiger charge is 2.27. The Bertz CT molecular complexity index is 934. The van der Waals surface area contributed by atoms with Gasteiger partial charge < -0.3 is 19.1 Å². The van der Waals surface area contributed by atoms with E-state index in [0.717, 1.165) is 18.4 Å². The Morgan fingerprint density at radius 1 is 1.15 bits per heavy atom. The summed E-state index contributed by atoms with van der Waals surface area (Å²) in [5.74, 6) is 1.17. The van der Waals surface area contributed by atoms with Crippen LogP contribution in [0.2, 0.25) is 10.0 Å². The second-order valence-electron chi connectivity index (χ2n) is 6.28. The molecule has 0 bridgehead atoms. The lowest BCUT2D eigenvalue weighted by molar-refractivity contribution is 0.190. The van der Waals surface area contributed by atoms with Crippen molar-refractivity contribution in [3.8, 4) is 11.5 Å². The molecule has 1 aliphatic heterocycles. The highest BCUT2D eigenvalue weighted by Crippen LogP contribution is 2.30. The molecule has 0 saturated carbocycles. The molecule has 27 heavy (non-hydrogen) atoms. The lowest BCUT2D eigenvalue weighted by atomic mass is 9.97. The molecule has 1 saturated heterocycles. The number of hydrogen-bond donors (Lipinski definition) is 1. The minimum absolute atomic E-state index is 0.132. The molecule has 1 aliphatic rings. The molecule has 0 radical (unpaired) electrons. The van der Waals surface area contributed by atoms with Crippen molar-refractivity contribution >= 4 is 34.9 Å². The number of carbonyl (C=O) groups excluding carboxylic acids is 1. The first-order valence-corrected chi connectivity index (χ1v) is 9.22. The molecule has 3 aromatic rings. The molecule has 9 heteroatoms. The highest BCUT2D eigenvalue weighted by molar-refractivity contribution is 6.42. The minimum Gasteiger partial charge on any atom is -0.472 e. The van der Waals surface area contributed by atoms with Gasteiger partial charge in [-0.25, -0.2) is 4.79 Å². The van der Waals surface area contributed by atoms with Gasteiger partial charge in [-0.05, 0) is 37.1 Å². The summed E-state index contributed by atoms with van der Waals surface area (Å²) in [7, 11) is 0. The average Bonchev–Trinajstić information content (AvgIpc) is 3.36. The largest absolute Gasteiger partial charge is 0.472 e. The van der Waals surface area contributed by atoms with Gasteiger partial charge in [-0.1, -0.05) is 23.2 Å². The summed E-state index contributed by atoms with van der Waals surface area (Å²) >= 11 is 11.9. The number of amides is 2. The van der Waals surface area contributed by atoms with Gasteiger partial charge in [-0.15, -0.1) is 10.2 Å². The predicted molar refractivity (Wildman–Crippen MR) is 101 cm³/mol. The van der Waals surface area contributed by atoms with Crippen molar-refractivity contribution in [2.24, 2.45) is 0 Å². The monoisotopic (exact) mass is 406 g/mol. The van der Waals surface area contributed by atoms with Crippen LogP contribution < -0.4 is 5.32 Å². The van der Waals surface area contributed by atoms with E-state index in [-0.39, 0.29) is 11.9 Å². The van der Waals surface area contributed by atoms with Crippen molar-refractivity contribution in [3.05, 3.63) is 52.7 Å². The summed E-state index contributed by atoms with van der Waals surface area (Å²) in [6.45, 7) is 1.20. The Hall–Kier alpha value is -2.51. The number of anilines is 1. The van der Waals surface area contributed by atoms with Crippen molar-refractivity contribution in [1.29, 1.82) is 0 Å². The molecule has 2 amide bonds. The van der Waals surface area contributed by atoms with Gasteiger partial charge in [0.1, 0.15) is 6.26 Å². The zero-order valence-electron chi connectivity index (χ0n) is 14.2. The molecule has 1 N–H and O–H groups in total. The first-order chi connectivity index (χ1) is 13.1. The Balaban J connectivity index is 1.34. The second-order valence-corrected chi connectivity index (χ2v) is 7.09. The SMILES string of the molecule is O=C(Nc1ccc(Cl)c(Cl)c1)N1CCC(c2nnc(-c3ccoc3)o2)CC1. The van der Waals surface area contributed by atoms with E-state index in [0.29, 0.717) is 40.6 Å². The highest BCUT2D eigenvalue weighted by atomic mass is 35.5. The van der Waals surface area contributed by atoms with E-state index in [1.165, 1.54) is 0 Å². The molecule has 140 valence electrons. The van der Waals surface area contributed by atoms with E-state index < -0.39 is 0 Å². The zero-order chi connectivity index (χ0) is 18.8. The molecule has 2 aromatic heterocycles. The van der Waals surface area contributed by atoms with Crippen molar-refractivity contribution in [2.75, 3.05) is 18.4 Å². The molecular formula is C18H16Cl2N4O3. The van der Waals surface area contributed by atoms with Crippen LogP contribution in [0, 0.1) is 0 Å². The van der Waals surface area contributed by atoms with E-state index in [4.69, 9.17) is 32.0 Å². The number of aromatic nitrogens is 2. The number of carbonyl (C=O) groups is 1. The Morgan fingerprint density at radius 2 is 1.96 bits per heavy atom. The minimum atomic E-state index is -0.170. The molecule has 0 spiro atoms. The number of urea groups is 1. The van der Waals surface area contributed by atoms with Crippen LogP contribution in [0.4, 0.5) is 10.5 Å². The third-order valence-corrected chi connectivity index (χ3v) is 5.25. The standard InChI is InChI=1S/C18H16Cl2N4O3/c19-14-2-1-13(9-15(14)20)21-18(25)24-6-3-11(4-7-24)16-22-23-17(27-16)12-5-8-26-10-12/h1-2,5,8-11H,3-4,6-7H2,(H,21,25). The first kappa shape index (κ1) is 17.9. The third kappa shape index (κ3) is 3.94. The van der Waals surface area contributed by atoms with Gasteiger partial charge in [0.2, 0.25) is 5.89 Å². The van der Waals surface area contributed by atoms with Gasteiger partial charge in [0.15, 0.2) is 0 Å². The summed E-state index contributed by atoms with van der Waals surface area (Å²) < 4.78 is 10.8. The van der Waals surface area contributed by atoms with E-state index >= 15 is 0 Å². The Morgan fingerprint density at radius 3 is 2.67 bits per heavy atom. The van der Waals surface area contributed by atoms with Gasteiger partial charge in [0.25, 0.3) is 5.89 Å². The van der Waals surface area contributed by atoms with Crippen LogP contribution >= 0.6 is 23.2 Å². The summed E-state index contributed by atoms with van der Waals surface area (Å²) in [5, 5.41) is 11.9. The topological polar surface area (TPSA) is 84.4 Å². The third-order valence-electron chi connectivity index (χ3n) is 4.51. The molecule has 4 rings (SSSR count). The summed E-state index contributed by atoms with van der Waals surface area (Å²) in [4.78, 5) is 14.2. The summed E-state index contributed by atoms with van der Waals surface area (Å²) in [6.07, 6.45) is 4.63. The number of furan rings is 1. The summed E-state index contributed by atoms with van der Waals surface area (Å²) in [6, 6.07) is 6.60. The molecule has 1 fully saturated rings. The van der Waals surface area contributed by atoms with Gasteiger partial charge in [-0.2, -0.15) is 0 Å². The number of halogens is 2. The van der Waals surface area contributed by atoms with Crippen molar-refractivity contribution in [3.63, 3.8) is 0 Å². The van der Waals surface area contributed by atoms with Crippen molar-refractivity contribution in [2.45, 2.75) is 18.8 Å². The number of nitrogens with one attached hydrogen (secondary N) is 1. The maximum atomic E-state index is 12.4. The number of rotatable bonds is 3. The fourth-order valence-corrected chi connectivity index (χ4v) is 3.31.